The normalized spacial score (nSPS) is 11.8. The van der Waals surface area contributed by atoms with Gasteiger partial charge in [-0.3, -0.25) is 0 Å². The van der Waals surface area contributed by atoms with Crippen molar-refractivity contribution in [1.82, 2.24) is 15.1 Å². The molecule has 0 fully saturated rings. The highest BCUT2D eigenvalue weighted by Gasteiger charge is 2.02. The van der Waals surface area contributed by atoms with Gasteiger partial charge < -0.3 is 15.1 Å². The van der Waals surface area contributed by atoms with Crippen molar-refractivity contribution >= 4 is 0 Å². The summed E-state index contributed by atoms with van der Waals surface area (Å²) in [4.78, 5) is 4.64. The van der Waals surface area contributed by atoms with Gasteiger partial charge in [-0.1, -0.05) is 38.1 Å². The first-order chi connectivity index (χ1) is 9.47. The third-order valence-corrected chi connectivity index (χ3v) is 3.30. The standard InChI is InChI=1S/C17H31N3/c1-15(2)18-13-16-8-6-9-17(12-16)14-20(5)11-7-10-19(3)4/h6,8-9,12,15,18H,7,10-11,13-14H2,1-5H3. The molecule has 0 saturated heterocycles. The van der Waals surface area contributed by atoms with Crippen molar-refractivity contribution in [3.8, 4) is 0 Å². The number of hydrogen-bond donors (Lipinski definition) is 1. The van der Waals surface area contributed by atoms with Crippen molar-refractivity contribution < 1.29 is 0 Å². The lowest BCUT2D eigenvalue weighted by atomic mass is 10.1. The molecule has 1 aromatic carbocycles. The number of benzene rings is 1. The summed E-state index contributed by atoms with van der Waals surface area (Å²) in [6.07, 6.45) is 1.22. The van der Waals surface area contributed by atoms with Crippen LogP contribution in [0.25, 0.3) is 0 Å². The third kappa shape index (κ3) is 7.63. The largest absolute Gasteiger partial charge is 0.310 e. The molecule has 0 unspecified atom stereocenters. The van der Waals surface area contributed by atoms with E-state index in [4.69, 9.17) is 0 Å². The van der Waals surface area contributed by atoms with E-state index in [0.29, 0.717) is 6.04 Å². The Kier molecular flexibility index (Phi) is 7.82. The molecule has 0 aliphatic carbocycles. The molecule has 0 aliphatic heterocycles. The topological polar surface area (TPSA) is 18.5 Å². The molecule has 1 rings (SSSR count). The van der Waals surface area contributed by atoms with Crippen LogP contribution in [0.5, 0.6) is 0 Å². The molecule has 0 bridgehead atoms. The van der Waals surface area contributed by atoms with E-state index in [0.717, 1.165) is 26.2 Å². The first-order valence-corrected chi connectivity index (χ1v) is 7.62. The predicted octanol–water partition coefficient (Wildman–Crippen LogP) is 2.57. The minimum Gasteiger partial charge on any atom is -0.310 e. The van der Waals surface area contributed by atoms with E-state index >= 15 is 0 Å². The highest BCUT2D eigenvalue weighted by Crippen LogP contribution is 2.08. The van der Waals surface area contributed by atoms with E-state index in [1.807, 2.05) is 0 Å². The fourth-order valence-corrected chi connectivity index (χ4v) is 2.21. The molecule has 0 amide bonds. The zero-order valence-corrected chi connectivity index (χ0v) is 13.8. The lowest BCUT2D eigenvalue weighted by molar-refractivity contribution is 0.294. The van der Waals surface area contributed by atoms with Crippen LogP contribution < -0.4 is 5.32 Å². The van der Waals surface area contributed by atoms with Crippen molar-refractivity contribution in [3.05, 3.63) is 35.4 Å². The van der Waals surface area contributed by atoms with Crippen molar-refractivity contribution in [2.45, 2.75) is 39.4 Å². The molecule has 0 saturated carbocycles. The van der Waals surface area contributed by atoms with Crippen LogP contribution in [-0.4, -0.2) is 50.1 Å². The van der Waals surface area contributed by atoms with E-state index in [1.165, 1.54) is 17.5 Å². The Morgan fingerprint density at radius 2 is 1.75 bits per heavy atom. The lowest BCUT2D eigenvalue weighted by Crippen LogP contribution is -2.24. The Morgan fingerprint density at radius 1 is 1.05 bits per heavy atom. The molecule has 114 valence electrons. The summed E-state index contributed by atoms with van der Waals surface area (Å²) in [7, 11) is 6.46. The lowest BCUT2D eigenvalue weighted by Gasteiger charge is -2.18. The Morgan fingerprint density at radius 3 is 2.40 bits per heavy atom. The second-order valence-corrected chi connectivity index (χ2v) is 6.25. The predicted molar refractivity (Wildman–Crippen MR) is 87.9 cm³/mol. The molecule has 1 aromatic rings. The fourth-order valence-electron chi connectivity index (χ4n) is 2.21. The van der Waals surface area contributed by atoms with E-state index in [9.17, 15) is 0 Å². The molecular weight excluding hydrogens is 246 g/mol. The van der Waals surface area contributed by atoms with Gasteiger partial charge in [0, 0.05) is 19.1 Å². The average Bonchev–Trinajstić information content (AvgIpc) is 2.36. The van der Waals surface area contributed by atoms with Crippen LogP contribution in [0, 0.1) is 0 Å². The van der Waals surface area contributed by atoms with Gasteiger partial charge in [-0.2, -0.15) is 0 Å². The van der Waals surface area contributed by atoms with E-state index < -0.39 is 0 Å². The molecule has 3 heteroatoms. The number of hydrogen-bond acceptors (Lipinski definition) is 3. The van der Waals surface area contributed by atoms with E-state index in [2.05, 4.69) is 74.4 Å². The number of rotatable bonds is 9. The highest BCUT2D eigenvalue weighted by atomic mass is 15.1. The van der Waals surface area contributed by atoms with Crippen LogP contribution in [0.15, 0.2) is 24.3 Å². The van der Waals surface area contributed by atoms with Gasteiger partial charge >= 0.3 is 0 Å². The van der Waals surface area contributed by atoms with Crippen LogP contribution in [0.3, 0.4) is 0 Å². The zero-order chi connectivity index (χ0) is 15.0. The molecule has 0 aromatic heterocycles. The summed E-state index contributed by atoms with van der Waals surface area (Å²) in [5.41, 5.74) is 2.78. The zero-order valence-electron chi connectivity index (χ0n) is 13.8. The minimum atomic E-state index is 0.535. The molecule has 0 aliphatic rings. The summed E-state index contributed by atoms with van der Waals surface area (Å²) in [6, 6.07) is 9.44. The Bertz CT molecular complexity index is 374. The summed E-state index contributed by atoms with van der Waals surface area (Å²) >= 11 is 0. The summed E-state index contributed by atoms with van der Waals surface area (Å²) in [6.45, 7) is 8.65. The van der Waals surface area contributed by atoms with Crippen molar-refractivity contribution in [2.75, 3.05) is 34.2 Å². The second-order valence-electron chi connectivity index (χ2n) is 6.25. The maximum absolute atomic E-state index is 3.47. The summed E-state index contributed by atoms with van der Waals surface area (Å²) in [5.74, 6) is 0. The maximum atomic E-state index is 3.47. The van der Waals surface area contributed by atoms with Gasteiger partial charge in [-0.25, -0.2) is 0 Å². The highest BCUT2D eigenvalue weighted by molar-refractivity contribution is 5.23. The Hall–Kier alpha value is -0.900. The van der Waals surface area contributed by atoms with Gasteiger partial charge in [0.05, 0.1) is 0 Å². The molecule has 0 atom stereocenters. The fraction of sp³-hybridized carbons (Fsp3) is 0.647. The van der Waals surface area contributed by atoms with Crippen molar-refractivity contribution in [3.63, 3.8) is 0 Å². The van der Waals surface area contributed by atoms with Gasteiger partial charge in [0.1, 0.15) is 0 Å². The minimum absolute atomic E-state index is 0.535. The number of nitrogens with one attached hydrogen (secondary N) is 1. The monoisotopic (exact) mass is 277 g/mol. The van der Waals surface area contributed by atoms with Crippen LogP contribution in [-0.2, 0) is 13.1 Å². The molecule has 0 spiro atoms. The summed E-state index contributed by atoms with van der Waals surface area (Å²) < 4.78 is 0. The van der Waals surface area contributed by atoms with Gasteiger partial charge in [-0.05, 0) is 51.8 Å². The molecule has 0 radical (unpaired) electrons. The Balaban J connectivity index is 2.40. The second kappa shape index (κ2) is 9.11. The molecule has 1 N–H and O–H groups in total. The van der Waals surface area contributed by atoms with Crippen LogP contribution in [0.2, 0.25) is 0 Å². The number of nitrogens with zero attached hydrogens (tertiary/aromatic N) is 2. The third-order valence-electron chi connectivity index (χ3n) is 3.30. The van der Waals surface area contributed by atoms with Gasteiger partial charge in [0.2, 0.25) is 0 Å². The molecule has 3 nitrogen and oxygen atoms in total. The smallest absolute Gasteiger partial charge is 0.0230 e. The first kappa shape index (κ1) is 17.2. The molecule has 0 heterocycles. The quantitative estimate of drug-likeness (QED) is 0.748. The summed E-state index contributed by atoms with van der Waals surface area (Å²) in [5, 5.41) is 3.47. The van der Waals surface area contributed by atoms with Gasteiger partial charge in [0.15, 0.2) is 0 Å². The molecule has 20 heavy (non-hydrogen) atoms. The van der Waals surface area contributed by atoms with Crippen LogP contribution >= 0.6 is 0 Å². The SMILES string of the molecule is CC(C)NCc1cccc(CN(C)CCCN(C)C)c1. The van der Waals surface area contributed by atoms with E-state index in [-0.39, 0.29) is 0 Å². The van der Waals surface area contributed by atoms with Crippen molar-refractivity contribution in [2.24, 2.45) is 0 Å². The van der Waals surface area contributed by atoms with Crippen LogP contribution in [0.4, 0.5) is 0 Å². The molecular formula is C17H31N3. The maximum Gasteiger partial charge on any atom is 0.0230 e. The van der Waals surface area contributed by atoms with Crippen molar-refractivity contribution in [1.29, 1.82) is 0 Å². The van der Waals surface area contributed by atoms with Crippen LogP contribution in [0.1, 0.15) is 31.4 Å². The van der Waals surface area contributed by atoms with Gasteiger partial charge in [0.25, 0.3) is 0 Å². The van der Waals surface area contributed by atoms with E-state index in [1.54, 1.807) is 0 Å². The first-order valence-electron chi connectivity index (χ1n) is 7.62. The average molecular weight is 277 g/mol. The van der Waals surface area contributed by atoms with Gasteiger partial charge in [-0.15, -0.1) is 0 Å². The Labute approximate surface area is 125 Å².